The molecule has 1 amide bonds. The van der Waals surface area contributed by atoms with Crippen LogP contribution in [0.3, 0.4) is 0 Å². The third-order valence-electron chi connectivity index (χ3n) is 7.79. The molecule has 0 spiro atoms. The maximum Gasteiger partial charge on any atom is 0.273 e. The van der Waals surface area contributed by atoms with Crippen LogP contribution in [0.15, 0.2) is 67.0 Å². The van der Waals surface area contributed by atoms with E-state index in [4.69, 9.17) is 5.10 Å². The van der Waals surface area contributed by atoms with Crippen LogP contribution in [0.2, 0.25) is 0 Å². The Bertz CT molecular complexity index is 1660. The summed E-state index contributed by atoms with van der Waals surface area (Å²) in [6, 6.07) is 17.0. The van der Waals surface area contributed by atoms with E-state index in [-0.39, 0.29) is 11.7 Å². The van der Waals surface area contributed by atoms with E-state index in [1.807, 2.05) is 41.6 Å². The molecule has 0 saturated carbocycles. The summed E-state index contributed by atoms with van der Waals surface area (Å²) in [6.45, 7) is 8.74. The number of aromatic amines is 1. The van der Waals surface area contributed by atoms with Crippen molar-refractivity contribution in [2.45, 2.75) is 52.6 Å². The molecule has 0 fully saturated rings. The summed E-state index contributed by atoms with van der Waals surface area (Å²) in [5, 5.41) is 6.03. The summed E-state index contributed by atoms with van der Waals surface area (Å²) in [7, 11) is 0. The van der Waals surface area contributed by atoms with Crippen LogP contribution in [0.5, 0.6) is 0 Å². The Kier molecular flexibility index (Phi) is 5.67. The lowest BCUT2D eigenvalue weighted by molar-refractivity contribution is 0.0561. The van der Waals surface area contributed by atoms with E-state index in [0.717, 1.165) is 46.4 Å². The van der Waals surface area contributed by atoms with Crippen molar-refractivity contribution >= 4 is 16.8 Å². The van der Waals surface area contributed by atoms with E-state index in [9.17, 15) is 9.18 Å². The number of rotatable bonds is 5. The van der Waals surface area contributed by atoms with E-state index in [2.05, 4.69) is 42.0 Å². The Hall–Kier alpha value is -4.26. The van der Waals surface area contributed by atoms with Crippen LogP contribution in [-0.4, -0.2) is 30.6 Å². The molecule has 0 atom stereocenters. The molecule has 7 heteroatoms. The van der Waals surface area contributed by atoms with Crippen LogP contribution in [0, 0.1) is 5.82 Å². The van der Waals surface area contributed by atoms with Gasteiger partial charge in [-0.3, -0.25) is 9.78 Å². The highest BCUT2D eigenvalue weighted by Gasteiger charge is 2.46. The minimum Gasteiger partial charge on any atom is -0.359 e. The molecular weight excluding hydrogens is 477 g/mol. The lowest BCUT2D eigenvalue weighted by Gasteiger charge is -2.31. The summed E-state index contributed by atoms with van der Waals surface area (Å²) < 4.78 is 16.8. The smallest absolute Gasteiger partial charge is 0.273 e. The van der Waals surface area contributed by atoms with Gasteiger partial charge in [0.15, 0.2) is 0 Å². The Morgan fingerprint density at radius 1 is 1.03 bits per heavy atom. The lowest BCUT2D eigenvalue weighted by atomic mass is 9.97. The van der Waals surface area contributed by atoms with Crippen molar-refractivity contribution < 1.29 is 9.18 Å². The molecule has 2 aromatic carbocycles. The van der Waals surface area contributed by atoms with E-state index in [0.29, 0.717) is 17.8 Å². The van der Waals surface area contributed by atoms with Gasteiger partial charge in [-0.15, -0.1) is 0 Å². The number of fused-ring (bicyclic) bond motifs is 2. The number of aryl methyl sites for hydroxylation is 2. The van der Waals surface area contributed by atoms with Crippen LogP contribution >= 0.6 is 0 Å². The highest BCUT2D eigenvalue weighted by Crippen LogP contribution is 2.46. The molecule has 0 aliphatic carbocycles. The number of hydrogen-bond donors (Lipinski definition) is 1. The number of hydrogen-bond acceptors (Lipinski definition) is 3. The summed E-state index contributed by atoms with van der Waals surface area (Å²) in [4.78, 5) is 22.8. The van der Waals surface area contributed by atoms with E-state index < -0.39 is 5.54 Å². The molecule has 0 saturated heterocycles. The lowest BCUT2D eigenvalue weighted by Crippen LogP contribution is -2.41. The second kappa shape index (κ2) is 8.94. The topological polar surface area (TPSA) is 66.8 Å². The largest absolute Gasteiger partial charge is 0.359 e. The Labute approximate surface area is 221 Å². The quantitative estimate of drug-likeness (QED) is 0.293. The summed E-state index contributed by atoms with van der Waals surface area (Å²) in [6.07, 6.45) is 5.10. The van der Waals surface area contributed by atoms with Crippen LogP contribution in [0.4, 0.5) is 4.39 Å². The Morgan fingerprint density at radius 3 is 2.47 bits per heavy atom. The first-order chi connectivity index (χ1) is 18.4. The van der Waals surface area contributed by atoms with Gasteiger partial charge in [-0.25, -0.2) is 9.07 Å². The van der Waals surface area contributed by atoms with Gasteiger partial charge in [0.05, 0.1) is 34.7 Å². The number of carbonyl (C=O) groups is 1. The molecular formula is C31H30FN5O. The minimum atomic E-state index is -0.672. The number of H-pyrrole nitrogens is 1. The maximum atomic E-state index is 14.7. The fourth-order valence-corrected chi connectivity index (χ4v) is 5.78. The third kappa shape index (κ3) is 3.49. The zero-order valence-corrected chi connectivity index (χ0v) is 22.0. The molecule has 0 radical (unpaired) electrons. The zero-order valence-electron chi connectivity index (χ0n) is 22.0. The molecule has 1 aliphatic rings. The predicted molar refractivity (Wildman–Crippen MR) is 147 cm³/mol. The van der Waals surface area contributed by atoms with Gasteiger partial charge in [0.25, 0.3) is 5.91 Å². The van der Waals surface area contributed by atoms with Crippen molar-refractivity contribution in [3.8, 4) is 16.9 Å². The van der Waals surface area contributed by atoms with Gasteiger partial charge in [-0.2, -0.15) is 5.10 Å². The van der Waals surface area contributed by atoms with Crippen molar-refractivity contribution in [2.24, 2.45) is 0 Å². The van der Waals surface area contributed by atoms with Crippen molar-refractivity contribution in [2.75, 3.05) is 0 Å². The fraction of sp³-hybridized carbons (Fsp3) is 0.258. The zero-order chi connectivity index (χ0) is 26.6. The van der Waals surface area contributed by atoms with Crippen LogP contribution in [-0.2, 0) is 24.9 Å². The molecule has 1 N–H and O–H groups in total. The van der Waals surface area contributed by atoms with E-state index in [1.165, 1.54) is 17.2 Å². The second-order valence-corrected chi connectivity index (χ2v) is 10.2. The molecule has 0 bridgehead atoms. The summed E-state index contributed by atoms with van der Waals surface area (Å²) in [5.41, 5.74) is 7.23. The number of benzene rings is 2. The predicted octanol–water partition coefficient (Wildman–Crippen LogP) is 6.57. The first-order valence-corrected chi connectivity index (χ1v) is 13.1. The van der Waals surface area contributed by atoms with Gasteiger partial charge < -0.3 is 9.88 Å². The average Bonchev–Trinajstić information content (AvgIpc) is 3.63. The van der Waals surface area contributed by atoms with Gasteiger partial charge >= 0.3 is 0 Å². The molecule has 4 heterocycles. The van der Waals surface area contributed by atoms with E-state index >= 15 is 0 Å². The average molecular weight is 508 g/mol. The van der Waals surface area contributed by atoms with Crippen LogP contribution < -0.4 is 0 Å². The molecule has 192 valence electrons. The SMILES string of the molecule is CCc1cccc(CC)c1-n1nc2c(c1-c1ccc(F)c3[nH]ccc13)CN(C(=O)c1ccccn1)C2(C)C. The number of halogens is 1. The van der Waals surface area contributed by atoms with Gasteiger partial charge in [0.1, 0.15) is 11.5 Å². The van der Waals surface area contributed by atoms with Crippen LogP contribution in [0.25, 0.3) is 27.8 Å². The maximum absolute atomic E-state index is 14.7. The van der Waals surface area contributed by atoms with Gasteiger partial charge in [-0.05, 0) is 68.1 Å². The monoisotopic (exact) mass is 507 g/mol. The molecule has 6 rings (SSSR count). The first-order valence-electron chi connectivity index (χ1n) is 13.1. The number of nitrogens with one attached hydrogen (secondary N) is 1. The van der Waals surface area contributed by atoms with Crippen molar-refractivity contribution in [3.05, 3.63) is 101 Å². The van der Waals surface area contributed by atoms with Gasteiger partial charge in [-0.1, -0.05) is 38.1 Å². The normalized spacial score (nSPS) is 14.3. The Balaban J connectivity index is 1.63. The molecule has 3 aromatic heterocycles. The molecule has 38 heavy (non-hydrogen) atoms. The molecule has 0 unspecified atom stereocenters. The molecule has 6 nitrogen and oxygen atoms in total. The van der Waals surface area contributed by atoms with Gasteiger partial charge in [0.2, 0.25) is 0 Å². The Morgan fingerprint density at radius 2 is 1.79 bits per heavy atom. The van der Waals surface area contributed by atoms with Gasteiger partial charge in [0, 0.05) is 28.9 Å². The third-order valence-corrected chi connectivity index (χ3v) is 7.79. The number of pyridine rings is 1. The van der Waals surface area contributed by atoms with Crippen molar-refractivity contribution in [1.82, 2.24) is 24.6 Å². The van der Waals surface area contributed by atoms with Crippen molar-refractivity contribution in [1.29, 1.82) is 0 Å². The number of carbonyl (C=O) groups excluding carboxylic acids is 1. The van der Waals surface area contributed by atoms with Crippen molar-refractivity contribution in [3.63, 3.8) is 0 Å². The minimum absolute atomic E-state index is 0.139. The molecule has 5 aromatic rings. The van der Waals surface area contributed by atoms with E-state index in [1.54, 1.807) is 24.5 Å². The highest BCUT2D eigenvalue weighted by atomic mass is 19.1. The number of nitrogens with zero attached hydrogens (tertiary/aromatic N) is 4. The number of aromatic nitrogens is 4. The number of para-hydroxylation sites is 1. The number of amides is 1. The first kappa shape index (κ1) is 24.1. The summed E-state index contributed by atoms with van der Waals surface area (Å²) >= 11 is 0. The highest BCUT2D eigenvalue weighted by molar-refractivity contribution is 5.97. The molecule has 1 aliphatic heterocycles. The standard InChI is InChI=1S/C31H30FN5O/c1-5-19-10-9-11-20(6-2)27(19)37-28(22-13-14-24(32)26-21(22)15-17-34-26)23-18-36(31(3,4)29(23)35-37)30(38)25-12-7-8-16-33-25/h7-17,34H,5-6,18H2,1-4H3. The fourth-order valence-electron chi connectivity index (χ4n) is 5.78. The van der Waals surface area contributed by atoms with Crippen LogP contribution in [0.1, 0.15) is 60.6 Å². The summed E-state index contributed by atoms with van der Waals surface area (Å²) in [5.74, 6) is -0.438. The second-order valence-electron chi connectivity index (χ2n) is 10.2.